The normalized spacial score (nSPS) is 19.4. The predicted molar refractivity (Wildman–Crippen MR) is 101 cm³/mol. The number of rotatable bonds is 2. The lowest BCUT2D eigenvalue weighted by molar-refractivity contribution is -0.136. The summed E-state index contributed by atoms with van der Waals surface area (Å²) in [4.78, 5) is 29.0. The van der Waals surface area contributed by atoms with Gasteiger partial charge in [0.1, 0.15) is 0 Å². The molecule has 2 aliphatic rings. The molecule has 3 heterocycles. The fourth-order valence-corrected chi connectivity index (χ4v) is 5.54. The van der Waals surface area contributed by atoms with Gasteiger partial charge in [0.05, 0.1) is 21.3 Å². The molecule has 1 spiro atoms. The van der Waals surface area contributed by atoms with Crippen molar-refractivity contribution in [3.63, 3.8) is 0 Å². The summed E-state index contributed by atoms with van der Waals surface area (Å²) in [6.07, 6.45) is -2.66. The summed E-state index contributed by atoms with van der Waals surface area (Å²) in [6.45, 7) is 0.904. The SMILES string of the molecule is CNC(=O)c1csc2c(C(F)(F)F)cc(C3CC4(CCN(C(=O)O)CC4)C3)nc12. The molecule has 2 amide bonds. The maximum Gasteiger partial charge on any atom is 0.417 e. The summed E-state index contributed by atoms with van der Waals surface area (Å²) in [5.74, 6) is -0.575. The quantitative estimate of drug-likeness (QED) is 0.748. The molecular formula is C19H20F3N3O3S. The summed E-state index contributed by atoms with van der Waals surface area (Å²) in [5.41, 5.74) is -0.160. The molecule has 1 saturated heterocycles. The third kappa shape index (κ3) is 3.43. The standard InChI is InChI=1S/C19H20F3N3O3S/c1-23-16(26)11-9-29-15-12(19(20,21)22)6-13(24-14(11)15)10-7-18(8-10)2-4-25(5-3-18)17(27)28/h6,9-10H,2-5,7-8H2,1H3,(H,23,26)(H,27,28). The molecule has 0 radical (unpaired) electrons. The van der Waals surface area contributed by atoms with Crippen LogP contribution in [0.3, 0.4) is 0 Å². The van der Waals surface area contributed by atoms with E-state index >= 15 is 0 Å². The molecule has 2 N–H and O–H groups in total. The van der Waals surface area contributed by atoms with E-state index in [-0.39, 0.29) is 27.1 Å². The van der Waals surface area contributed by atoms with E-state index in [1.54, 1.807) is 0 Å². The summed E-state index contributed by atoms with van der Waals surface area (Å²) in [6, 6.07) is 1.12. The Balaban J connectivity index is 1.63. The number of amides is 2. The highest BCUT2D eigenvalue weighted by molar-refractivity contribution is 7.17. The highest BCUT2D eigenvalue weighted by Crippen LogP contribution is 2.57. The van der Waals surface area contributed by atoms with Gasteiger partial charge < -0.3 is 15.3 Å². The first-order valence-electron chi connectivity index (χ1n) is 9.33. The fraction of sp³-hybridized carbons (Fsp3) is 0.526. The molecule has 2 fully saturated rings. The predicted octanol–water partition coefficient (Wildman–Crippen LogP) is 4.31. The van der Waals surface area contributed by atoms with Crippen LogP contribution in [0.15, 0.2) is 11.4 Å². The maximum atomic E-state index is 13.7. The minimum atomic E-state index is -4.53. The Morgan fingerprint density at radius 2 is 1.97 bits per heavy atom. The molecule has 0 bridgehead atoms. The van der Waals surface area contributed by atoms with Crippen LogP contribution in [0.2, 0.25) is 0 Å². The Labute approximate surface area is 168 Å². The average Bonchev–Trinajstić information content (AvgIpc) is 3.07. The second-order valence-corrected chi connectivity index (χ2v) is 8.75. The monoisotopic (exact) mass is 427 g/mol. The number of nitrogens with one attached hydrogen (secondary N) is 1. The number of pyridine rings is 1. The number of hydrogen-bond donors (Lipinski definition) is 2. The lowest BCUT2D eigenvalue weighted by atomic mass is 9.56. The Morgan fingerprint density at radius 1 is 1.31 bits per heavy atom. The van der Waals surface area contributed by atoms with Crippen molar-refractivity contribution in [1.82, 2.24) is 15.2 Å². The lowest BCUT2D eigenvalue weighted by Crippen LogP contribution is -2.47. The molecule has 1 aliphatic heterocycles. The molecule has 2 aromatic heterocycles. The van der Waals surface area contributed by atoms with Crippen molar-refractivity contribution in [2.24, 2.45) is 5.41 Å². The van der Waals surface area contributed by atoms with E-state index < -0.39 is 23.7 Å². The first-order valence-corrected chi connectivity index (χ1v) is 10.2. The van der Waals surface area contributed by atoms with E-state index in [1.165, 1.54) is 17.3 Å². The molecule has 0 atom stereocenters. The van der Waals surface area contributed by atoms with Gasteiger partial charge in [-0.15, -0.1) is 11.3 Å². The fourth-order valence-electron chi connectivity index (χ4n) is 4.52. The second-order valence-electron chi connectivity index (χ2n) is 7.87. The number of likely N-dealkylation sites (tertiary alicyclic amines) is 1. The second kappa shape index (κ2) is 6.86. The van der Waals surface area contributed by atoms with Gasteiger partial charge in [0.2, 0.25) is 0 Å². The highest BCUT2D eigenvalue weighted by atomic mass is 32.1. The number of halogens is 3. The van der Waals surface area contributed by atoms with Gasteiger partial charge in [-0.05, 0) is 37.2 Å². The maximum absolute atomic E-state index is 13.7. The minimum absolute atomic E-state index is 0.0239. The van der Waals surface area contributed by atoms with E-state index in [1.807, 2.05) is 0 Å². The number of piperidine rings is 1. The van der Waals surface area contributed by atoms with Crippen LogP contribution in [0, 0.1) is 5.41 Å². The smallest absolute Gasteiger partial charge is 0.417 e. The van der Waals surface area contributed by atoms with Crippen molar-refractivity contribution in [2.75, 3.05) is 20.1 Å². The van der Waals surface area contributed by atoms with E-state index in [4.69, 9.17) is 5.11 Å². The summed E-state index contributed by atoms with van der Waals surface area (Å²) >= 11 is 0.877. The molecular weight excluding hydrogens is 407 g/mol. The van der Waals surface area contributed by atoms with Crippen LogP contribution < -0.4 is 5.32 Å². The lowest BCUT2D eigenvalue weighted by Gasteiger charge is -2.51. The van der Waals surface area contributed by atoms with Crippen LogP contribution >= 0.6 is 11.3 Å². The van der Waals surface area contributed by atoms with Gasteiger partial charge >= 0.3 is 12.3 Å². The number of fused-ring (bicyclic) bond motifs is 1. The molecule has 0 aromatic carbocycles. The van der Waals surface area contributed by atoms with Crippen molar-refractivity contribution in [1.29, 1.82) is 0 Å². The molecule has 10 heteroatoms. The average molecular weight is 427 g/mol. The van der Waals surface area contributed by atoms with Crippen LogP contribution in [0.5, 0.6) is 0 Å². The summed E-state index contributed by atoms with van der Waals surface area (Å²) in [7, 11) is 1.43. The third-order valence-electron chi connectivity index (χ3n) is 6.19. The number of hydrogen-bond acceptors (Lipinski definition) is 4. The Kier molecular flexibility index (Phi) is 4.71. The van der Waals surface area contributed by atoms with E-state index in [2.05, 4.69) is 10.3 Å². The van der Waals surface area contributed by atoms with Gasteiger partial charge in [-0.1, -0.05) is 0 Å². The molecule has 2 aromatic rings. The van der Waals surface area contributed by atoms with Crippen molar-refractivity contribution in [3.8, 4) is 0 Å². The van der Waals surface area contributed by atoms with Crippen LogP contribution in [0.1, 0.15) is 53.2 Å². The van der Waals surface area contributed by atoms with Gasteiger partial charge in [-0.25, -0.2) is 4.79 Å². The van der Waals surface area contributed by atoms with Crippen LogP contribution in [0.4, 0.5) is 18.0 Å². The van der Waals surface area contributed by atoms with Crippen molar-refractivity contribution >= 4 is 33.6 Å². The first kappa shape index (κ1) is 19.9. The summed E-state index contributed by atoms with van der Waals surface area (Å²) < 4.78 is 41.0. The summed E-state index contributed by atoms with van der Waals surface area (Å²) in [5, 5.41) is 12.9. The molecule has 0 unspecified atom stereocenters. The van der Waals surface area contributed by atoms with E-state index in [0.717, 1.165) is 17.4 Å². The van der Waals surface area contributed by atoms with Crippen LogP contribution in [-0.4, -0.2) is 47.1 Å². The number of aromatic nitrogens is 1. The van der Waals surface area contributed by atoms with Crippen molar-refractivity contribution in [2.45, 2.75) is 37.8 Å². The topological polar surface area (TPSA) is 82.5 Å². The largest absolute Gasteiger partial charge is 0.465 e. The molecule has 4 rings (SSSR count). The number of nitrogens with zero attached hydrogens (tertiary/aromatic N) is 2. The van der Waals surface area contributed by atoms with Gasteiger partial charge in [-0.3, -0.25) is 9.78 Å². The number of alkyl halides is 3. The van der Waals surface area contributed by atoms with Crippen molar-refractivity contribution < 1.29 is 27.9 Å². The molecule has 1 aliphatic carbocycles. The number of thiophene rings is 1. The van der Waals surface area contributed by atoms with Gasteiger partial charge in [0.25, 0.3) is 5.91 Å². The molecule has 1 saturated carbocycles. The van der Waals surface area contributed by atoms with Gasteiger partial charge in [-0.2, -0.15) is 13.2 Å². The molecule has 156 valence electrons. The van der Waals surface area contributed by atoms with Crippen LogP contribution in [-0.2, 0) is 6.18 Å². The number of carbonyl (C=O) groups excluding carboxylic acids is 1. The minimum Gasteiger partial charge on any atom is -0.465 e. The molecule has 29 heavy (non-hydrogen) atoms. The first-order chi connectivity index (χ1) is 13.6. The Morgan fingerprint density at radius 3 is 2.52 bits per heavy atom. The third-order valence-corrected chi connectivity index (χ3v) is 7.19. The zero-order valence-corrected chi connectivity index (χ0v) is 16.5. The zero-order chi connectivity index (χ0) is 21.0. The van der Waals surface area contributed by atoms with E-state index in [0.29, 0.717) is 44.5 Å². The number of carboxylic acid groups (broad SMARTS) is 1. The Bertz CT molecular complexity index is 972. The zero-order valence-electron chi connectivity index (χ0n) is 15.7. The van der Waals surface area contributed by atoms with Crippen molar-refractivity contribution in [3.05, 3.63) is 28.3 Å². The Hall–Kier alpha value is -2.36. The van der Waals surface area contributed by atoms with Gasteiger partial charge in [0, 0.05) is 37.1 Å². The van der Waals surface area contributed by atoms with Crippen LogP contribution in [0.25, 0.3) is 10.2 Å². The molecule has 6 nitrogen and oxygen atoms in total. The van der Waals surface area contributed by atoms with E-state index in [9.17, 15) is 22.8 Å². The highest BCUT2D eigenvalue weighted by Gasteiger charge is 2.48. The number of carbonyl (C=O) groups is 2. The van der Waals surface area contributed by atoms with Gasteiger partial charge in [0.15, 0.2) is 0 Å².